The minimum atomic E-state index is -0.155. The normalized spacial score (nSPS) is 14.3. The van der Waals surface area contributed by atoms with Crippen molar-refractivity contribution in [1.82, 2.24) is 0 Å². The third-order valence-electron chi connectivity index (χ3n) is 3.50. The number of ether oxygens (including phenoxy) is 2. The van der Waals surface area contributed by atoms with E-state index in [1.165, 1.54) is 0 Å². The van der Waals surface area contributed by atoms with Crippen molar-refractivity contribution in [2.75, 3.05) is 6.61 Å². The van der Waals surface area contributed by atoms with Gasteiger partial charge in [0, 0.05) is 10.0 Å². The summed E-state index contributed by atoms with van der Waals surface area (Å²) in [5.41, 5.74) is 2.10. The van der Waals surface area contributed by atoms with Crippen LogP contribution in [0.25, 0.3) is 6.08 Å². The lowest BCUT2D eigenvalue weighted by atomic mass is 10.1. The second kappa shape index (κ2) is 6.27. The average Bonchev–Trinajstić information content (AvgIpc) is 2.86. The molecular formula is C18H12BrNO3. The molecule has 114 valence electrons. The molecule has 0 aromatic heterocycles. The van der Waals surface area contributed by atoms with Crippen molar-refractivity contribution in [2.24, 2.45) is 0 Å². The average molecular weight is 370 g/mol. The first-order chi connectivity index (χ1) is 11.1. The molecule has 1 aliphatic rings. The van der Waals surface area contributed by atoms with Crippen LogP contribution >= 0.6 is 15.9 Å². The first-order valence-corrected chi connectivity index (χ1v) is 7.72. The molecular weight excluding hydrogens is 358 g/mol. The number of nitrogens with zero attached hydrogens (tertiary/aromatic N) is 1. The first kappa shape index (κ1) is 15.3. The molecule has 0 radical (unpaired) electrons. The van der Waals surface area contributed by atoms with E-state index in [4.69, 9.17) is 14.7 Å². The molecule has 0 bridgehead atoms. The third kappa shape index (κ3) is 2.99. The van der Waals surface area contributed by atoms with Gasteiger partial charge in [0.2, 0.25) is 5.78 Å². The number of benzene rings is 2. The molecule has 0 amide bonds. The third-order valence-corrected chi connectivity index (χ3v) is 4.03. The lowest BCUT2D eigenvalue weighted by Crippen LogP contribution is -1.98. The van der Waals surface area contributed by atoms with Gasteiger partial charge in [-0.1, -0.05) is 28.1 Å². The second-order valence-electron chi connectivity index (χ2n) is 5.00. The van der Waals surface area contributed by atoms with E-state index in [1.807, 2.05) is 30.3 Å². The van der Waals surface area contributed by atoms with E-state index in [-0.39, 0.29) is 18.1 Å². The molecule has 0 aliphatic carbocycles. The van der Waals surface area contributed by atoms with Gasteiger partial charge in [-0.05, 0) is 42.8 Å². The molecule has 0 atom stereocenters. The van der Waals surface area contributed by atoms with E-state index < -0.39 is 0 Å². The van der Waals surface area contributed by atoms with Crippen LogP contribution in [0.15, 0.2) is 46.6 Å². The van der Waals surface area contributed by atoms with E-state index in [2.05, 4.69) is 15.9 Å². The predicted molar refractivity (Wildman–Crippen MR) is 89.4 cm³/mol. The van der Waals surface area contributed by atoms with Crippen LogP contribution in [0.2, 0.25) is 0 Å². The highest BCUT2D eigenvalue weighted by Gasteiger charge is 2.30. The zero-order valence-corrected chi connectivity index (χ0v) is 13.9. The van der Waals surface area contributed by atoms with Gasteiger partial charge < -0.3 is 9.47 Å². The van der Waals surface area contributed by atoms with Gasteiger partial charge in [0.05, 0.1) is 5.56 Å². The smallest absolute Gasteiger partial charge is 0.231 e. The number of allylic oxidation sites excluding steroid dienone is 1. The van der Waals surface area contributed by atoms with Gasteiger partial charge >= 0.3 is 0 Å². The Hall–Kier alpha value is -2.58. The molecule has 0 saturated carbocycles. The van der Waals surface area contributed by atoms with Gasteiger partial charge in [-0.2, -0.15) is 5.26 Å². The number of halogens is 1. The van der Waals surface area contributed by atoms with Crippen LogP contribution in [-0.2, 0) is 0 Å². The number of ketones is 1. The molecule has 2 aromatic rings. The minimum absolute atomic E-state index is 0.0465. The minimum Gasteiger partial charge on any atom is -0.478 e. The lowest BCUT2D eigenvalue weighted by molar-refractivity contribution is 0.101. The Kier molecular flexibility index (Phi) is 4.18. The summed E-state index contributed by atoms with van der Waals surface area (Å²) in [6.45, 7) is 1.76. The van der Waals surface area contributed by atoms with Crippen LogP contribution in [0.4, 0.5) is 0 Å². The zero-order chi connectivity index (χ0) is 16.4. The first-order valence-electron chi connectivity index (χ1n) is 6.93. The number of hydrogen-bond acceptors (Lipinski definition) is 4. The fraction of sp³-hybridized carbons (Fsp3) is 0.111. The summed E-state index contributed by atoms with van der Waals surface area (Å²) in [4.78, 5) is 12.4. The van der Waals surface area contributed by atoms with Crippen LogP contribution in [-0.4, -0.2) is 12.4 Å². The van der Waals surface area contributed by atoms with Crippen LogP contribution in [0.5, 0.6) is 11.5 Å². The summed E-state index contributed by atoms with van der Waals surface area (Å²) in [6.07, 6.45) is 1.71. The monoisotopic (exact) mass is 369 g/mol. The fourth-order valence-electron chi connectivity index (χ4n) is 2.34. The summed E-state index contributed by atoms with van der Waals surface area (Å²) in [6, 6.07) is 12.9. The molecule has 0 fully saturated rings. The van der Waals surface area contributed by atoms with Gasteiger partial charge in [-0.15, -0.1) is 0 Å². The molecule has 5 heteroatoms. The number of rotatable bonds is 3. The topological polar surface area (TPSA) is 59.3 Å². The maximum atomic E-state index is 12.4. The molecule has 1 aliphatic heterocycles. The standard InChI is InChI=1S/C18H12BrNO3/c1-11-15(22-9-8-20)7-6-14-17(21)16(23-18(11)14)10-12-2-4-13(19)5-3-12/h2-7,10H,9H2,1H3/b16-10-. The highest BCUT2D eigenvalue weighted by atomic mass is 79.9. The maximum Gasteiger partial charge on any atom is 0.231 e. The summed E-state index contributed by atoms with van der Waals surface area (Å²) in [7, 11) is 0. The van der Waals surface area contributed by atoms with Crippen molar-refractivity contribution in [3.63, 3.8) is 0 Å². The van der Waals surface area contributed by atoms with E-state index in [1.54, 1.807) is 25.1 Å². The predicted octanol–water partition coefficient (Wildman–Crippen LogP) is 4.28. The fourth-order valence-corrected chi connectivity index (χ4v) is 2.61. The van der Waals surface area contributed by atoms with Crippen molar-refractivity contribution >= 4 is 27.8 Å². The quantitative estimate of drug-likeness (QED) is 0.757. The molecule has 0 saturated heterocycles. The summed E-state index contributed by atoms with van der Waals surface area (Å²) in [5, 5.41) is 8.61. The molecule has 0 unspecified atom stereocenters. The number of hydrogen-bond donors (Lipinski definition) is 0. The number of carbonyl (C=O) groups is 1. The van der Waals surface area contributed by atoms with E-state index in [9.17, 15) is 4.79 Å². The van der Waals surface area contributed by atoms with Gasteiger partial charge in [0.1, 0.15) is 17.6 Å². The number of Topliss-reactive ketones (excluding diaryl/α,β-unsaturated/α-hetero) is 1. The molecule has 1 heterocycles. The van der Waals surface area contributed by atoms with Crippen molar-refractivity contribution in [1.29, 1.82) is 5.26 Å². The molecule has 0 N–H and O–H groups in total. The Morgan fingerprint density at radius 2 is 2.00 bits per heavy atom. The van der Waals surface area contributed by atoms with E-state index in [0.29, 0.717) is 22.6 Å². The van der Waals surface area contributed by atoms with E-state index >= 15 is 0 Å². The van der Waals surface area contributed by atoms with Crippen molar-refractivity contribution < 1.29 is 14.3 Å². The number of fused-ring (bicyclic) bond motifs is 1. The number of nitriles is 1. The second-order valence-corrected chi connectivity index (χ2v) is 5.92. The zero-order valence-electron chi connectivity index (χ0n) is 12.3. The summed E-state index contributed by atoms with van der Waals surface area (Å²) in [5.74, 6) is 1.16. The largest absolute Gasteiger partial charge is 0.478 e. The van der Waals surface area contributed by atoms with Crippen LogP contribution < -0.4 is 9.47 Å². The van der Waals surface area contributed by atoms with Crippen LogP contribution in [0.3, 0.4) is 0 Å². The van der Waals surface area contributed by atoms with Crippen LogP contribution in [0.1, 0.15) is 21.5 Å². The maximum absolute atomic E-state index is 12.4. The Labute approximate surface area is 142 Å². The molecule has 2 aromatic carbocycles. The van der Waals surface area contributed by atoms with Gasteiger partial charge in [0.15, 0.2) is 12.4 Å². The van der Waals surface area contributed by atoms with Crippen molar-refractivity contribution in [2.45, 2.75) is 6.92 Å². The Bertz CT molecular complexity index is 848. The highest BCUT2D eigenvalue weighted by Crippen LogP contribution is 2.39. The Morgan fingerprint density at radius 3 is 2.70 bits per heavy atom. The molecule has 0 spiro atoms. The SMILES string of the molecule is Cc1c(OCC#N)ccc2c1O/C(=C\c1ccc(Br)cc1)C2=O. The van der Waals surface area contributed by atoms with Crippen LogP contribution in [0, 0.1) is 18.3 Å². The molecule has 23 heavy (non-hydrogen) atoms. The Morgan fingerprint density at radius 1 is 1.26 bits per heavy atom. The van der Waals surface area contributed by atoms with Crippen molar-refractivity contribution in [3.8, 4) is 17.6 Å². The number of carbonyl (C=O) groups excluding carboxylic acids is 1. The summed E-state index contributed by atoms with van der Waals surface area (Å²) < 4.78 is 12.0. The Balaban J connectivity index is 1.94. The molecule has 3 rings (SSSR count). The summed E-state index contributed by atoms with van der Waals surface area (Å²) >= 11 is 3.38. The van der Waals surface area contributed by atoms with E-state index in [0.717, 1.165) is 10.0 Å². The van der Waals surface area contributed by atoms with Gasteiger partial charge in [-0.25, -0.2) is 0 Å². The van der Waals surface area contributed by atoms with Crippen molar-refractivity contribution in [3.05, 3.63) is 63.3 Å². The van der Waals surface area contributed by atoms with Gasteiger partial charge in [-0.3, -0.25) is 4.79 Å². The molecule has 4 nitrogen and oxygen atoms in total. The highest BCUT2D eigenvalue weighted by molar-refractivity contribution is 9.10. The lowest BCUT2D eigenvalue weighted by Gasteiger charge is -2.08. The van der Waals surface area contributed by atoms with Gasteiger partial charge in [0.25, 0.3) is 0 Å².